The topological polar surface area (TPSA) is 90.4 Å². The smallest absolute Gasteiger partial charge is 0.240 e. The van der Waals surface area contributed by atoms with Crippen molar-refractivity contribution >= 4 is 21.8 Å². The van der Waals surface area contributed by atoms with Crippen LogP contribution in [0.4, 0.5) is 0 Å². The van der Waals surface area contributed by atoms with E-state index in [1.165, 1.54) is 26.0 Å². The van der Waals surface area contributed by atoms with Crippen molar-refractivity contribution in [3.8, 4) is 11.8 Å². The molecule has 9 heteroatoms. The fraction of sp³-hybridized carbons (Fsp3) is 0.375. The van der Waals surface area contributed by atoms with Crippen LogP contribution in [0.25, 0.3) is 0 Å². The van der Waals surface area contributed by atoms with E-state index in [0.717, 1.165) is 5.56 Å². The van der Waals surface area contributed by atoms with Crippen LogP contribution in [0, 0.1) is 6.92 Å². The normalized spacial score (nSPS) is 11.3. The highest BCUT2D eigenvalue weighted by Crippen LogP contribution is 2.18. The number of ether oxygens (including phenoxy) is 2. The Morgan fingerprint density at radius 2 is 1.68 bits per heavy atom. The molecular weight excluding hydrogens is 362 g/mol. The van der Waals surface area contributed by atoms with E-state index in [2.05, 4.69) is 14.7 Å². The number of hydrogen-bond acceptors (Lipinski definition) is 7. The number of hydrogen-bond donors (Lipinski definition) is 1. The summed E-state index contributed by atoms with van der Waals surface area (Å²) < 4.78 is 37.1. The van der Waals surface area contributed by atoms with Gasteiger partial charge in [0.05, 0.1) is 30.9 Å². The van der Waals surface area contributed by atoms with E-state index in [0.29, 0.717) is 35.6 Å². The second-order valence-corrected chi connectivity index (χ2v) is 8.00. The van der Waals surface area contributed by atoms with Crippen molar-refractivity contribution < 1.29 is 17.9 Å². The van der Waals surface area contributed by atoms with E-state index in [9.17, 15) is 8.42 Å². The highest BCUT2D eigenvalue weighted by molar-refractivity contribution is 7.98. The summed E-state index contributed by atoms with van der Waals surface area (Å²) in [7, 11) is -0.425. The number of aromatic nitrogens is 2. The zero-order valence-electron chi connectivity index (χ0n) is 14.4. The number of rotatable bonds is 9. The Morgan fingerprint density at radius 3 is 2.24 bits per heavy atom. The summed E-state index contributed by atoms with van der Waals surface area (Å²) in [6, 6.07) is 8.35. The maximum absolute atomic E-state index is 12.2. The van der Waals surface area contributed by atoms with E-state index in [4.69, 9.17) is 9.47 Å². The zero-order chi connectivity index (χ0) is 18.3. The third-order valence-electron chi connectivity index (χ3n) is 3.24. The third-order valence-corrected chi connectivity index (χ3v) is 5.68. The van der Waals surface area contributed by atoms with Gasteiger partial charge in [0.1, 0.15) is 5.82 Å². The Kier molecular flexibility index (Phi) is 7.03. The fourth-order valence-corrected chi connectivity index (χ4v) is 3.80. The summed E-state index contributed by atoms with van der Waals surface area (Å²) in [4.78, 5) is 8.73. The van der Waals surface area contributed by atoms with Gasteiger partial charge in [0.2, 0.25) is 21.8 Å². The molecule has 0 saturated carbocycles. The van der Waals surface area contributed by atoms with Crippen LogP contribution in [0.2, 0.25) is 0 Å². The quantitative estimate of drug-likeness (QED) is 0.663. The van der Waals surface area contributed by atoms with E-state index in [-0.39, 0.29) is 4.90 Å². The molecule has 1 aromatic carbocycles. The first kappa shape index (κ1) is 19.5. The van der Waals surface area contributed by atoms with Gasteiger partial charge < -0.3 is 9.47 Å². The van der Waals surface area contributed by atoms with Gasteiger partial charge in [0, 0.05) is 12.3 Å². The molecule has 0 saturated heterocycles. The highest BCUT2D eigenvalue weighted by atomic mass is 32.2. The van der Waals surface area contributed by atoms with Gasteiger partial charge in [-0.1, -0.05) is 17.7 Å². The molecule has 0 atom stereocenters. The molecule has 1 aromatic heterocycles. The molecule has 0 unspecified atom stereocenters. The van der Waals surface area contributed by atoms with Crippen LogP contribution in [0.1, 0.15) is 11.4 Å². The summed E-state index contributed by atoms with van der Waals surface area (Å²) in [5.74, 6) is 2.56. The molecule has 0 spiro atoms. The minimum atomic E-state index is -3.48. The van der Waals surface area contributed by atoms with Gasteiger partial charge in [-0.25, -0.2) is 13.1 Å². The molecule has 0 aliphatic heterocycles. The number of benzene rings is 1. The van der Waals surface area contributed by atoms with Crippen LogP contribution in [-0.4, -0.2) is 44.9 Å². The standard InChI is InChI=1S/C16H21N3O4S2/c1-12-4-6-13(7-5-12)25(20,21)17-8-9-24-11-14-18-15(22-2)10-16(19-14)23-3/h4-7,10,17H,8-9,11H2,1-3H3. The van der Waals surface area contributed by atoms with Crippen LogP contribution in [0.3, 0.4) is 0 Å². The second-order valence-electron chi connectivity index (χ2n) is 5.13. The van der Waals surface area contributed by atoms with E-state index in [1.807, 2.05) is 6.92 Å². The molecule has 1 N–H and O–H groups in total. The molecule has 0 aliphatic carbocycles. The molecule has 0 radical (unpaired) electrons. The second kappa shape index (κ2) is 9.02. The van der Waals surface area contributed by atoms with Crippen LogP contribution < -0.4 is 14.2 Å². The average Bonchev–Trinajstić information content (AvgIpc) is 2.61. The summed E-state index contributed by atoms with van der Waals surface area (Å²) in [5, 5.41) is 0. The molecule has 7 nitrogen and oxygen atoms in total. The van der Waals surface area contributed by atoms with Gasteiger partial charge in [-0.05, 0) is 19.1 Å². The summed E-state index contributed by atoms with van der Waals surface area (Å²) in [5.41, 5.74) is 1.02. The Bertz CT molecular complexity index is 773. The largest absolute Gasteiger partial charge is 0.481 e. The van der Waals surface area contributed by atoms with Crippen LogP contribution in [-0.2, 0) is 15.8 Å². The minimum Gasteiger partial charge on any atom is -0.481 e. The molecule has 136 valence electrons. The zero-order valence-corrected chi connectivity index (χ0v) is 16.0. The van der Waals surface area contributed by atoms with E-state index < -0.39 is 10.0 Å². The lowest BCUT2D eigenvalue weighted by atomic mass is 10.2. The Morgan fingerprint density at radius 1 is 1.08 bits per heavy atom. The summed E-state index contributed by atoms with van der Waals surface area (Å²) >= 11 is 1.52. The molecule has 2 aromatic rings. The maximum atomic E-state index is 12.2. The van der Waals surface area contributed by atoms with Gasteiger partial charge in [-0.15, -0.1) is 0 Å². The van der Waals surface area contributed by atoms with Crippen molar-refractivity contribution in [3.05, 3.63) is 41.7 Å². The SMILES string of the molecule is COc1cc(OC)nc(CSCCNS(=O)(=O)c2ccc(C)cc2)n1. The molecule has 0 aliphatic rings. The first-order chi connectivity index (χ1) is 11.9. The average molecular weight is 383 g/mol. The molecule has 2 rings (SSSR count). The molecular formula is C16H21N3O4S2. The predicted octanol–water partition coefficient (Wildman–Crippen LogP) is 2.01. The van der Waals surface area contributed by atoms with E-state index >= 15 is 0 Å². The summed E-state index contributed by atoms with van der Waals surface area (Å²) in [6.45, 7) is 2.23. The number of sulfonamides is 1. The van der Waals surface area contributed by atoms with Gasteiger partial charge >= 0.3 is 0 Å². The number of methoxy groups -OCH3 is 2. The van der Waals surface area contributed by atoms with Crippen molar-refractivity contribution in [2.75, 3.05) is 26.5 Å². The molecule has 0 fully saturated rings. The Labute approximate surface area is 152 Å². The van der Waals surface area contributed by atoms with Gasteiger partial charge in [-0.2, -0.15) is 21.7 Å². The molecule has 0 bridgehead atoms. The molecule has 0 amide bonds. The summed E-state index contributed by atoms with van der Waals surface area (Å²) in [6.07, 6.45) is 0. The highest BCUT2D eigenvalue weighted by Gasteiger charge is 2.12. The number of aryl methyl sites for hydroxylation is 1. The Balaban J connectivity index is 1.82. The third kappa shape index (κ3) is 5.87. The van der Waals surface area contributed by atoms with Gasteiger partial charge in [-0.3, -0.25) is 0 Å². The lowest BCUT2D eigenvalue weighted by Gasteiger charge is -2.08. The van der Waals surface area contributed by atoms with Crippen LogP contribution in [0.15, 0.2) is 35.2 Å². The van der Waals surface area contributed by atoms with Gasteiger partial charge in [0.15, 0.2) is 0 Å². The van der Waals surface area contributed by atoms with Crippen molar-refractivity contribution in [1.29, 1.82) is 0 Å². The van der Waals surface area contributed by atoms with Crippen LogP contribution >= 0.6 is 11.8 Å². The fourth-order valence-electron chi connectivity index (χ4n) is 1.94. The van der Waals surface area contributed by atoms with Gasteiger partial charge in [0.25, 0.3) is 0 Å². The van der Waals surface area contributed by atoms with Crippen molar-refractivity contribution in [3.63, 3.8) is 0 Å². The van der Waals surface area contributed by atoms with Crippen molar-refractivity contribution in [2.24, 2.45) is 0 Å². The Hall–Kier alpha value is -1.84. The number of nitrogens with one attached hydrogen (secondary N) is 1. The van der Waals surface area contributed by atoms with E-state index in [1.54, 1.807) is 30.3 Å². The maximum Gasteiger partial charge on any atom is 0.240 e. The first-order valence-corrected chi connectivity index (χ1v) is 10.2. The van der Waals surface area contributed by atoms with Crippen molar-refractivity contribution in [1.82, 2.24) is 14.7 Å². The molecule has 1 heterocycles. The predicted molar refractivity (Wildman–Crippen MR) is 97.7 cm³/mol. The van der Waals surface area contributed by atoms with Crippen LogP contribution in [0.5, 0.6) is 11.8 Å². The number of thioether (sulfide) groups is 1. The lowest BCUT2D eigenvalue weighted by molar-refractivity contribution is 0.369. The lowest BCUT2D eigenvalue weighted by Crippen LogP contribution is -2.26. The minimum absolute atomic E-state index is 0.268. The monoisotopic (exact) mass is 383 g/mol. The first-order valence-electron chi connectivity index (χ1n) is 7.54. The van der Waals surface area contributed by atoms with Crippen molar-refractivity contribution in [2.45, 2.75) is 17.6 Å². The number of nitrogens with zero attached hydrogens (tertiary/aromatic N) is 2. The molecule has 25 heavy (non-hydrogen) atoms.